The molecule has 0 aliphatic heterocycles. The molecular weight excluding hydrogens is 322 g/mol. The molecule has 0 saturated heterocycles. The van der Waals surface area contributed by atoms with Crippen molar-refractivity contribution in [1.29, 1.82) is 0 Å². The summed E-state index contributed by atoms with van der Waals surface area (Å²) >= 11 is 0. The molecule has 9 heteroatoms. The Bertz CT molecular complexity index is 1180. The molecule has 0 bridgehead atoms. The molecule has 0 unspecified atom stereocenters. The van der Waals surface area contributed by atoms with Gasteiger partial charge in [-0.2, -0.15) is 0 Å². The Morgan fingerprint density at radius 3 is 2.68 bits per heavy atom. The first kappa shape index (κ1) is 15.1. The molecule has 4 aromatic heterocycles. The Kier molecular flexibility index (Phi) is 3.34. The van der Waals surface area contributed by atoms with Crippen molar-refractivity contribution in [3.05, 3.63) is 63.5 Å². The van der Waals surface area contributed by atoms with Gasteiger partial charge in [0, 0.05) is 32.7 Å². The SMILES string of the molecule is Cn1c(=O)c2[nH]c(Cn3ccnc3-c3ccccn3)nc2n(C)c1=O. The lowest BCUT2D eigenvalue weighted by Crippen LogP contribution is -2.36. The molecule has 0 saturated carbocycles. The maximum atomic E-state index is 12.3. The fraction of sp³-hybridized carbons (Fsp3) is 0.188. The molecule has 4 heterocycles. The van der Waals surface area contributed by atoms with Crippen molar-refractivity contribution in [1.82, 2.24) is 33.6 Å². The fourth-order valence-electron chi connectivity index (χ4n) is 2.78. The topological polar surface area (TPSA) is 103 Å². The lowest BCUT2D eigenvalue weighted by molar-refractivity contribution is 0.708. The summed E-state index contributed by atoms with van der Waals surface area (Å²) < 4.78 is 4.29. The van der Waals surface area contributed by atoms with E-state index >= 15 is 0 Å². The van der Waals surface area contributed by atoms with E-state index in [9.17, 15) is 9.59 Å². The van der Waals surface area contributed by atoms with Gasteiger partial charge in [0.05, 0.1) is 6.54 Å². The largest absolute Gasteiger partial charge is 0.335 e. The Balaban J connectivity index is 1.80. The summed E-state index contributed by atoms with van der Waals surface area (Å²) in [4.78, 5) is 40.3. The number of H-pyrrole nitrogens is 1. The standard InChI is InChI=1S/C16H15N7O2/c1-21-14-12(15(24)22(2)16(21)25)19-11(20-14)9-23-8-7-18-13(23)10-5-3-4-6-17-10/h3-8H,9H2,1-2H3,(H,19,20). The number of aryl methyl sites for hydroxylation is 1. The van der Waals surface area contributed by atoms with Gasteiger partial charge in [0.15, 0.2) is 11.5 Å². The molecule has 0 aromatic carbocycles. The van der Waals surface area contributed by atoms with Gasteiger partial charge in [0.2, 0.25) is 0 Å². The molecule has 0 aliphatic carbocycles. The highest BCUT2D eigenvalue weighted by Gasteiger charge is 2.15. The van der Waals surface area contributed by atoms with E-state index in [1.54, 1.807) is 19.4 Å². The second kappa shape index (κ2) is 5.55. The molecule has 1 N–H and O–H groups in total. The molecule has 0 amide bonds. The van der Waals surface area contributed by atoms with E-state index < -0.39 is 11.2 Å². The van der Waals surface area contributed by atoms with Gasteiger partial charge >= 0.3 is 5.69 Å². The lowest BCUT2D eigenvalue weighted by atomic mass is 10.3. The second-order valence-corrected chi connectivity index (χ2v) is 5.68. The second-order valence-electron chi connectivity index (χ2n) is 5.68. The van der Waals surface area contributed by atoms with E-state index in [4.69, 9.17) is 0 Å². The number of aromatic amines is 1. The van der Waals surface area contributed by atoms with E-state index in [2.05, 4.69) is 19.9 Å². The summed E-state index contributed by atoms with van der Waals surface area (Å²) in [7, 11) is 3.03. The third-order valence-electron chi connectivity index (χ3n) is 4.07. The zero-order valence-corrected chi connectivity index (χ0v) is 13.7. The van der Waals surface area contributed by atoms with E-state index in [0.717, 1.165) is 10.3 Å². The third kappa shape index (κ3) is 2.36. The summed E-state index contributed by atoms with van der Waals surface area (Å²) in [6, 6.07) is 5.60. The Morgan fingerprint density at radius 2 is 1.92 bits per heavy atom. The third-order valence-corrected chi connectivity index (χ3v) is 4.07. The van der Waals surface area contributed by atoms with Crippen LogP contribution < -0.4 is 11.2 Å². The smallest absolute Gasteiger partial charge is 0.332 e. The summed E-state index contributed by atoms with van der Waals surface area (Å²) in [6.45, 7) is 0.373. The van der Waals surface area contributed by atoms with E-state index in [0.29, 0.717) is 29.4 Å². The number of rotatable bonds is 3. The van der Waals surface area contributed by atoms with Gasteiger partial charge in [-0.15, -0.1) is 0 Å². The van der Waals surface area contributed by atoms with Crippen molar-refractivity contribution in [2.45, 2.75) is 6.54 Å². The monoisotopic (exact) mass is 337 g/mol. The maximum Gasteiger partial charge on any atom is 0.332 e. The predicted molar refractivity (Wildman–Crippen MR) is 91.1 cm³/mol. The van der Waals surface area contributed by atoms with Gasteiger partial charge in [0.25, 0.3) is 5.56 Å². The van der Waals surface area contributed by atoms with Crippen LogP contribution in [-0.2, 0) is 20.6 Å². The minimum absolute atomic E-state index is 0.305. The predicted octanol–water partition coefficient (Wildman–Crippen LogP) is 0.267. The first-order valence-electron chi connectivity index (χ1n) is 7.63. The Morgan fingerprint density at radius 1 is 1.08 bits per heavy atom. The van der Waals surface area contributed by atoms with Crippen molar-refractivity contribution in [3.8, 4) is 11.5 Å². The van der Waals surface area contributed by atoms with Crippen LogP contribution in [-0.4, -0.2) is 33.6 Å². The molecule has 0 atom stereocenters. The minimum atomic E-state index is -0.410. The fourth-order valence-corrected chi connectivity index (χ4v) is 2.78. The maximum absolute atomic E-state index is 12.3. The van der Waals surface area contributed by atoms with Crippen LogP contribution in [0.1, 0.15) is 5.82 Å². The number of nitrogens with zero attached hydrogens (tertiary/aromatic N) is 6. The zero-order chi connectivity index (χ0) is 17.6. The normalized spacial score (nSPS) is 11.3. The van der Waals surface area contributed by atoms with Crippen LogP contribution in [0.4, 0.5) is 0 Å². The Hall–Kier alpha value is -3.49. The van der Waals surface area contributed by atoms with Crippen LogP contribution in [0.2, 0.25) is 0 Å². The summed E-state index contributed by atoms with van der Waals surface area (Å²) in [6.07, 6.45) is 5.20. The van der Waals surface area contributed by atoms with Crippen molar-refractivity contribution in [2.24, 2.45) is 14.1 Å². The molecule has 0 radical (unpaired) electrons. The number of pyridine rings is 1. The molecule has 9 nitrogen and oxygen atoms in total. The van der Waals surface area contributed by atoms with Crippen LogP contribution in [0, 0.1) is 0 Å². The minimum Gasteiger partial charge on any atom is -0.335 e. The van der Waals surface area contributed by atoms with Crippen molar-refractivity contribution >= 4 is 11.2 Å². The number of aromatic nitrogens is 7. The number of nitrogens with one attached hydrogen (secondary N) is 1. The van der Waals surface area contributed by atoms with Gasteiger partial charge in [0.1, 0.15) is 17.0 Å². The number of hydrogen-bond donors (Lipinski definition) is 1. The van der Waals surface area contributed by atoms with Gasteiger partial charge in [-0.1, -0.05) is 6.07 Å². The molecule has 0 spiro atoms. The Labute approximate surface area is 141 Å². The van der Waals surface area contributed by atoms with Gasteiger partial charge < -0.3 is 9.55 Å². The molecular formula is C16H15N7O2. The van der Waals surface area contributed by atoms with Crippen molar-refractivity contribution in [2.75, 3.05) is 0 Å². The summed E-state index contributed by atoms with van der Waals surface area (Å²) in [5, 5.41) is 0. The number of imidazole rings is 2. The number of fused-ring (bicyclic) bond motifs is 1. The quantitative estimate of drug-likeness (QED) is 0.578. The average Bonchev–Trinajstić information content (AvgIpc) is 3.26. The molecule has 0 fully saturated rings. The highest BCUT2D eigenvalue weighted by Crippen LogP contribution is 2.15. The molecule has 4 aromatic rings. The lowest BCUT2D eigenvalue weighted by Gasteiger charge is -2.04. The van der Waals surface area contributed by atoms with Crippen LogP contribution in [0.5, 0.6) is 0 Å². The molecule has 126 valence electrons. The summed E-state index contributed by atoms with van der Waals surface area (Å²) in [5.41, 5.74) is 0.577. The van der Waals surface area contributed by atoms with E-state index in [1.807, 2.05) is 29.0 Å². The van der Waals surface area contributed by atoms with Crippen molar-refractivity contribution in [3.63, 3.8) is 0 Å². The zero-order valence-electron chi connectivity index (χ0n) is 13.7. The van der Waals surface area contributed by atoms with Crippen LogP contribution in [0.25, 0.3) is 22.7 Å². The average molecular weight is 337 g/mol. The van der Waals surface area contributed by atoms with Crippen LogP contribution in [0.3, 0.4) is 0 Å². The molecule has 0 aliphatic rings. The van der Waals surface area contributed by atoms with Gasteiger partial charge in [-0.05, 0) is 12.1 Å². The van der Waals surface area contributed by atoms with Gasteiger partial charge in [-0.25, -0.2) is 14.8 Å². The van der Waals surface area contributed by atoms with E-state index in [1.165, 1.54) is 11.6 Å². The number of hydrogen-bond acceptors (Lipinski definition) is 5. The highest BCUT2D eigenvalue weighted by atomic mass is 16.2. The van der Waals surface area contributed by atoms with E-state index in [-0.39, 0.29) is 0 Å². The van der Waals surface area contributed by atoms with Crippen LogP contribution in [0.15, 0.2) is 46.4 Å². The first-order chi connectivity index (χ1) is 12.1. The highest BCUT2D eigenvalue weighted by molar-refractivity contribution is 5.69. The molecule has 4 rings (SSSR count). The van der Waals surface area contributed by atoms with Gasteiger partial charge in [-0.3, -0.25) is 18.9 Å². The summed E-state index contributed by atoms with van der Waals surface area (Å²) in [5.74, 6) is 1.26. The van der Waals surface area contributed by atoms with Crippen LogP contribution >= 0.6 is 0 Å². The first-order valence-corrected chi connectivity index (χ1v) is 7.63. The molecule has 25 heavy (non-hydrogen) atoms. The van der Waals surface area contributed by atoms with Crippen molar-refractivity contribution < 1.29 is 0 Å².